The van der Waals surface area contributed by atoms with E-state index < -0.39 is 0 Å². The number of nitrogens with zero attached hydrogens (tertiary/aromatic N) is 5. The van der Waals surface area contributed by atoms with Gasteiger partial charge >= 0.3 is 0 Å². The molecule has 0 aliphatic carbocycles. The van der Waals surface area contributed by atoms with Gasteiger partial charge in [-0.2, -0.15) is 0 Å². The Morgan fingerprint density at radius 2 is 1.76 bits per heavy atom. The number of fused-ring (bicyclic) bond motifs is 1. The van der Waals surface area contributed by atoms with Crippen LogP contribution in [0.15, 0.2) is 42.5 Å². The minimum Gasteiger partial charge on any atom is -0.484 e. The molecule has 2 amide bonds. The molecule has 4 rings (SSSR count). The lowest BCUT2D eigenvalue weighted by atomic mass is 10.2. The second-order valence-corrected chi connectivity index (χ2v) is 8.39. The average Bonchev–Trinajstić information content (AvgIpc) is 3.12. The first kappa shape index (κ1) is 22.7. The van der Waals surface area contributed by atoms with Gasteiger partial charge in [0.1, 0.15) is 17.4 Å². The van der Waals surface area contributed by atoms with E-state index in [1.807, 2.05) is 29.8 Å². The average molecular weight is 454 g/mol. The van der Waals surface area contributed by atoms with Gasteiger partial charge in [-0.05, 0) is 42.5 Å². The van der Waals surface area contributed by atoms with Crippen LogP contribution in [-0.2, 0) is 18.4 Å². The topological polar surface area (TPSA) is 70.9 Å². The van der Waals surface area contributed by atoms with Gasteiger partial charge in [0.25, 0.3) is 11.8 Å². The van der Waals surface area contributed by atoms with Crippen molar-refractivity contribution >= 4 is 22.8 Å². The predicted molar refractivity (Wildman–Crippen MR) is 122 cm³/mol. The number of halogens is 1. The van der Waals surface area contributed by atoms with Gasteiger partial charge in [0.2, 0.25) is 0 Å². The van der Waals surface area contributed by atoms with Gasteiger partial charge in [0, 0.05) is 52.9 Å². The third-order valence-electron chi connectivity index (χ3n) is 5.89. The highest BCUT2D eigenvalue weighted by Gasteiger charge is 2.23. The van der Waals surface area contributed by atoms with E-state index in [0.717, 1.165) is 29.9 Å². The molecule has 1 aliphatic rings. The summed E-state index contributed by atoms with van der Waals surface area (Å²) < 4.78 is 20.5. The van der Waals surface area contributed by atoms with Gasteiger partial charge in [0.05, 0.1) is 17.6 Å². The molecule has 1 aliphatic heterocycles. The molecular formula is C24H28FN5O3. The first-order valence-corrected chi connectivity index (χ1v) is 10.9. The number of imidazole rings is 1. The summed E-state index contributed by atoms with van der Waals surface area (Å²) >= 11 is 0. The Labute approximate surface area is 192 Å². The Morgan fingerprint density at radius 3 is 2.42 bits per heavy atom. The fourth-order valence-electron chi connectivity index (χ4n) is 3.90. The highest BCUT2D eigenvalue weighted by Crippen LogP contribution is 2.19. The molecule has 33 heavy (non-hydrogen) atoms. The molecule has 0 bridgehead atoms. The van der Waals surface area contributed by atoms with Crippen LogP contribution in [0.1, 0.15) is 16.2 Å². The van der Waals surface area contributed by atoms with Crippen molar-refractivity contribution in [1.82, 2.24) is 24.3 Å². The Kier molecular flexibility index (Phi) is 6.60. The summed E-state index contributed by atoms with van der Waals surface area (Å²) in [6.45, 7) is 3.28. The second-order valence-electron chi connectivity index (χ2n) is 8.39. The number of benzene rings is 2. The number of hydrogen-bond donors (Lipinski definition) is 0. The molecule has 1 saturated heterocycles. The summed E-state index contributed by atoms with van der Waals surface area (Å²) in [5.41, 5.74) is 2.39. The van der Waals surface area contributed by atoms with Gasteiger partial charge in [-0.15, -0.1) is 0 Å². The van der Waals surface area contributed by atoms with Gasteiger partial charge in [0.15, 0.2) is 6.61 Å². The zero-order chi connectivity index (χ0) is 23.5. The van der Waals surface area contributed by atoms with E-state index in [2.05, 4.69) is 4.90 Å². The monoisotopic (exact) mass is 453 g/mol. The quantitative estimate of drug-likeness (QED) is 0.572. The van der Waals surface area contributed by atoms with Crippen molar-refractivity contribution in [3.05, 3.63) is 59.7 Å². The maximum absolute atomic E-state index is 13.0. The molecule has 8 nitrogen and oxygen atoms in total. The van der Waals surface area contributed by atoms with E-state index in [4.69, 9.17) is 9.72 Å². The molecule has 0 unspecified atom stereocenters. The van der Waals surface area contributed by atoms with E-state index in [1.165, 1.54) is 24.3 Å². The van der Waals surface area contributed by atoms with E-state index in [0.29, 0.717) is 30.9 Å². The van der Waals surface area contributed by atoms with Gasteiger partial charge in [-0.25, -0.2) is 9.37 Å². The lowest BCUT2D eigenvalue weighted by Gasteiger charge is -2.34. The van der Waals surface area contributed by atoms with Crippen LogP contribution in [0.5, 0.6) is 5.75 Å². The SMILES string of the molecule is CN(C)C(=O)c1ccc2c(c1)nc(CN1CCN(C(=O)COc3ccc(F)cc3)CC1)n2C. The Hall–Kier alpha value is -3.46. The molecule has 1 fully saturated rings. The third kappa shape index (κ3) is 5.14. The predicted octanol–water partition coefficient (Wildman–Crippen LogP) is 2.14. The van der Waals surface area contributed by atoms with Crippen molar-refractivity contribution < 1.29 is 18.7 Å². The number of carbonyl (C=O) groups is 2. The minimum atomic E-state index is -0.340. The Morgan fingerprint density at radius 1 is 1.06 bits per heavy atom. The van der Waals surface area contributed by atoms with E-state index in [-0.39, 0.29) is 24.2 Å². The Balaban J connectivity index is 1.32. The lowest BCUT2D eigenvalue weighted by Crippen LogP contribution is -2.49. The summed E-state index contributed by atoms with van der Waals surface area (Å²) in [7, 11) is 5.44. The molecule has 0 N–H and O–H groups in total. The molecule has 1 aromatic heterocycles. The van der Waals surface area contributed by atoms with Crippen LogP contribution in [0.4, 0.5) is 4.39 Å². The zero-order valence-electron chi connectivity index (χ0n) is 19.1. The number of aromatic nitrogens is 2. The highest BCUT2D eigenvalue weighted by atomic mass is 19.1. The van der Waals surface area contributed by atoms with Crippen LogP contribution in [0.3, 0.4) is 0 Å². The number of piperazine rings is 1. The molecule has 0 radical (unpaired) electrons. The van der Waals surface area contributed by atoms with Crippen molar-refractivity contribution in [2.45, 2.75) is 6.54 Å². The van der Waals surface area contributed by atoms with Crippen molar-refractivity contribution in [2.24, 2.45) is 7.05 Å². The molecule has 0 atom stereocenters. The third-order valence-corrected chi connectivity index (χ3v) is 5.89. The summed E-state index contributed by atoms with van der Waals surface area (Å²) in [6, 6.07) is 11.2. The van der Waals surface area contributed by atoms with Gasteiger partial charge in [-0.3, -0.25) is 14.5 Å². The van der Waals surface area contributed by atoms with Crippen LogP contribution in [0.2, 0.25) is 0 Å². The van der Waals surface area contributed by atoms with Crippen molar-refractivity contribution in [2.75, 3.05) is 46.9 Å². The Bertz CT molecular complexity index is 1150. The number of rotatable bonds is 6. The summed E-state index contributed by atoms with van der Waals surface area (Å²) in [5, 5.41) is 0. The van der Waals surface area contributed by atoms with Gasteiger partial charge < -0.3 is 19.1 Å². The summed E-state index contributed by atoms with van der Waals surface area (Å²) in [6.07, 6.45) is 0. The van der Waals surface area contributed by atoms with E-state index in [9.17, 15) is 14.0 Å². The molecule has 9 heteroatoms. The van der Waals surface area contributed by atoms with Crippen molar-refractivity contribution in [1.29, 1.82) is 0 Å². The summed E-state index contributed by atoms with van der Waals surface area (Å²) in [4.78, 5) is 35.1. The molecule has 2 heterocycles. The highest BCUT2D eigenvalue weighted by molar-refractivity contribution is 5.97. The molecule has 174 valence electrons. The van der Waals surface area contributed by atoms with Gasteiger partial charge in [-0.1, -0.05) is 0 Å². The van der Waals surface area contributed by atoms with E-state index >= 15 is 0 Å². The number of amides is 2. The minimum absolute atomic E-state index is 0.0479. The number of hydrogen-bond acceptors (Lipinski definition) is 5. The van der Waals surface area contributed by atoms with Crippen molar-refractivity contribution in [3.63, 3.8) is 0 Å². The van der Waals surface area contributed by atoms with Crippen molar-refractivity contribution in [3.8, 4) is 5.75 Å². The molecule has 0 saturated carbocycles. The zero-order valence-corrected chi connectivity index (χ0v) is 19.1. The summed E-state index contributed by atoms with van der Waals surface area (Å²) in [5.74, 6) is 0.917. The number of aryl methyl sites for hydroxylation is 1. The maximum atomic E-state index is 13.0. The van der Waals surface area contributed by atoms with Crippen LogP contribution < -0.4 is 4.74 Å². The second kappa shape index (κ2) is 9.58. The molecular weight excluding hydrogens is 425 g/mol. The molecule has 2 aromatic carbocycles. The molecule has 0 spiro atoms. The van der Waals surface area contributed by atoms with E-state index in [1.54, 1.807) is 23.9 Å². The lowest BCUT2D eigenvalue weighted by molar-refractivity contribution is -0.135. The normalized spacial score (nSPS) is 14.5. The number of ether oxygens (including phenoxy) is 1. The van der Waals surface area contributed by atoms with Crippen LogP contribution in [0.25, 0.3) is 11.0 Å². The first-order valence-electron chi connectivity index (χ1n) is 10.9. The van der Waals surface area contributed by atoms with Crippen LogP contribution in [-0.4, -0.2) is 82.9 Å². The number of carbonyl (C=O) groups excluding carboxylic acids is 2. The van der Waals surface area contributed by atoms with Crippen LogP contribution in [0, 0.1) is 5.82 Å². The largest absolute Gasteiger partial charge is 0.484 e. The smallest absolute Gasteiger partial charge is 0.260 e. The van der Waals surface area contributed by atoms with Crippen LogP contribution >= 0.6 is 0 Å². The maximum Gasteiger partial charge on any atom is 0.260 e. The standard InChI is InChI=1S/C24H28FN5O3/c1-27(2)24(32)17-4-9-21-20(14-17)26-22(28(21)3)15-29-10-12-30(13-11-29)23(31)16-33-19-7-5-18(25)6-8-19/h4-9,14H,10-13,15-16H2,1-3H3. The molecule has 3 aromatic rings. The first-order chi connectivity index (χ1) is 15.8. The fourth-order valence-corrected chi connectivity index (χ4v) is 3.90. The fraction of sp³-hybridized carbons (Fsp3) is 0.375.